The molecule has 0 heterocycles. The number of Topliss-reactive ketones (excluding diaryl/α,β-unsaturated/α-hetero) is 1. The average Bonchev–Trinajstić information content (AvgIpc) is 3.20. The molecule has 4 aliphatic rings. The van der Waals surface area contributed by atoms with E-state index in [4.69, 9.17) is 4.74 Å². The molecule has 0 aromatic rings. The van der Waals surface area contributed by atoms with Gasteiger partial charge < -0.3 is 15.0 Å². The Bertz CT molecular complexity index is 952. The van der Waals surface area contributed by atoms with Crippen molar-refractivity contribution < 1.29 is 19.1 Å². The van der Waals surface area contributed by atoms with Crippen LogP contribution in [-0.2, 0) is 19.1 Å². The number of amides is 1. The molecule has 4 fully saturated rings. The van der Waals surface area contributed by atoms with Crippen molar-refractivity contribution in [2.24, 2.45) is 40.4 Å². The van der Waals surface area contributed by atoms with E-state index in [1.807, 2.05) is 39.8 Å². The standard InChI is InChI=1S/C32H54N2O4S/c1-21(35)24-11-12-25-23-10-9-22-19-30(4,15-16-31(22,5)26(23)13-14-32(24,25)6)38-27(36)20-39-29(2,3)28(37)33-17-18-34(7)8/h22-26H,9-20H2,1-8H3,(H,33,37)/t22-,23-,24+,25?,26?,30+,31-,32+/m0/s1. The van der Waals surface area contributed by atoms with Crippen molar-refractivity contribution in [2.75, 3.05) is 32.9 Å². The molecule has 222 valence electrons. The Morgan fingerprint density at radius 3 is 2.31 bits per heavy atom. The highest BCUT2D eigenvalue weighted by Crippen LogP contribution is 2.68. The molecule has 8 atom stereocenters. The van der Waals surface area contributed by atoms with Crippen molar-refractivity contribution in [1.29, 1.82) is 0 Å². The Labute approximate surface area is 241 Å². The fraction of sp³-hybridized carbons (Fsp3) is 0.906. The van der Waals surface area contributed by atoms with Gasteiger partial charge in [-0.3, -0.25) is 14.4 Å². The molecule has 6 nitrogen and oxygen atoms in total. The van der Waals surface area contributed by atoms with Crippen LogP contribution in [0.25, 0.3) is 0 Å². The minimum Gasteiger partial charge on any atom is -0.459 e. The van der Waals surface area contributed by atoms with Crippen molar-refractivity contribution in [3.63, 3.8) is 0 Å². The summed E-state index contributed by atoms with van der Waals surface area (Å²) < 4.78 is 5.50. The van der Waals surface area contributed by atoms with Gasteiger partial charge >= 0.3 is 5.97 Å². The Balaban J connectivity index is 1.33. The number of nitrogens with zero attached hydrogens (tertiary/aromatic N) is 1. The molecule has 39 heavy (non-hydrogen) atoms. The summed E-state index contributed by atoms with van der Waals surface area (Å²) >= 11 is 1.36. The summed E-state index contributed by atoms with van der Waals surface area (Å²) in [5.41, 5.74) is 0.0680. The molecular formula is C32H54N2O4S. The minimum absolute atomic E-state index is 0.0426. The lowest BCUT2D eigenvalue weighted by atomic mass is 9.44. The van der Waals surface area contributed by atoms with Crippen LogP contribution >= 0.6 is 11.8 Å². The third kappa shape index (κ3) is 6.10. The zero-order valence-corrected chi connectivity index (χ0v) is 26.7. The van der Waals surface area contributed by atoms with Gasteiger partial charge in [-0.05, 0) is 134 Å². The second-order valence-electron chi connectivity index (χ2n) is 14.9. The summed E-state index contributed by atoms with van der Waals surface area (Å²) in [6.07, 6.45) is 10.2. The molecule has 2 unspecified atom stereocenters. The maximum absolute atomic E-state index is 13.0. The first-order valence-corrected chi connectivity index (χ1v) is 16.4. The zero-order valence-electron chi connectivity index (χ0n) is 25.9. The Kier molecular flexibility index (Phi) is 8.95. The van der Waals surface area contributed by atoms with Gasteiger partial charge in [0.05, 0.1) is 10.5 Å². The second-order valence-corrected chi connectivity index (χ2v) is 16.5. The maximum atomic E-state index is 13.0. The highest BCUT2D eigenvalue weighted by atomic mass is 32.2. The third-order valence-electron chi connectivity index (χ3n) is 11.7. The highest BCUT2D eigenvalue weighted by Gasteiger charge is 2.61. The Morgan fingerprint density at radius 2 is 1.64 bits per heavy atom. The molecule has 0 aromatic heterocycles. The smallest absolute Gasteiger partial charge is 0.316 e. The van der Waals surface area contributed by atoms with Crippen molar-refractivity contribution in [3.05, 3.63) is 0 Å². The number of fused-ring (bicyclic) bond motifs is 5. The summed E-state index contributed by atoms with van der Waals surface area (Å²) in [6, 6.07) is 0. The van der Waals surface area contributed by atoms with Crippen LogP contribution in [0.1, 0.15) is 99.3 Å². The number of thioether (sulfide) groups is 1. The first kappa shape index (κ1) is 30.9. The lowest BCUT2D eigenvalue weighted by molar-refractivity contribution is -0.178. The average molecular weight is 563 g/mol. The van der Waals surface area contributed by atoms with Crippen LogP contribution in [0.5, 0.6) is 0 Å². The zero-order chi connectivity index (χ0) is 28.8. The van der Waals surface area contributed by atoms with E-state index < -0.39 is 10.3 Å². The molecule has 0 aromatic carbocycles. The number of nitrogens with one attached hydrogen (secondary N) is 1. The Hall–Kier alpha value is -1.08. The van der Waals surface area contributed by atoms with Crippen molar-refractivity contribution in [3.8, 4) is 0 Å². The van der Waals surface area contributed by atoms with Gasteiger partial charge in [-0.1, -0.05) is 13.8 Å². The van der Waals surface area contributed by atoms with Gasteiger partial charge in [0.25, 0.3) is 0 Å². The van der Waals surface area contributed by atoms with E-state index in [-0.39, 0.29) is 29.0 Å². The normalized spacial score (nSPS) is 39.9. The lowest BCUT2D eigenvalue weighted by Gasteiger charge is -2.62. The molecule has 4 aliphatic carbocycles. The first-order chi connectivity index (χ1) is 18.1. The molecule has 0 bridgehead atoms. The predicted molar refractivity (Wildman–Crippen MR) is 158 cm³/mol. The maximum Gasteiger partial charge on any atom is 0.316 e. The molecule has 0 aliphatic heterocycles. The topological polar surface area (TPSA) is 75.7 Å². The number of carbonyl (C=O) groups is 3. The molecule has 0 saturated heterocycles. The van der Waals surface area contributed by atoms with Gasteiger partial charge in [0, 0.05) is 19.0 Å². The van der Waals surface area contributed by atoms with Gasteiger partial charge in [-0.25, -0.2) is 0 Å². The number of esters is 1. The molecule has 7 heteroatoms. The summed E-state index contributed by atoms with van der Waals surface area (Å²) in [5, 5.41) is 2.98. The fourth-order valence-corrected chi connectivity index (χ4v) is 10.1. The van der Waals surface area contributed by atoms with Gasteiger partial charge in [0.15, 0.2) is 0 Å². The van der Waals surface area contributed by atoms with E-state index in [1.165, 1.54) is 43.9 Å². The number of carbonyl (C=O) groups excluding carboxylic acids is 3. The highest BCUT2D eigenvalue weighted by molar-refractivity contribution is 8.02. The Morgan fingerprint density at radius 1 is 0.949 bits per heavy atom. The number of rotatable bonds is 9. The third-order valence-corrected chi connectivity index (χ3v) is 13.0. The van der Waals surface area contributed by atoms with Gasteiger partial charge in [0.1, 0.15) is 11.4 Å². The van der Waals surface area contributed by atoms with E-state index in [2.05, 4.69) is 26.1 Å². The van der Waals surface area contributed by atoms with Gasteiger partial charge in [0.2, 0.25) is 5.91 Å². The molecule has 4 saturated carbocycles. The molecule has 0 radical (unpaired) electrons. The van der Waals surface area contributed by atoms with E-state index in [0.29, 0.717) is 29.6 Å². The van der Waals surface area contributed by atoms with Gasteiger partial charge in [-0.15, -0.1) is 11.8 Å². The molecule has 4 rings (SSSR count). The van der Waals surface area contributed by atoms with Crippen molar-refractivity contribution in [1.82, 2.24) is 10.2 Å². The number of ether oxygens (including phenoxy) is 1. The minimum atomic E-state index is -0.688. The molecule has 1 amide bonds. The van der Waals surface area contributed by atoms with E-state index in [1.54, 1.807) is 0 Å². The first-order valence-electron chi connectivity index (χ1n) is 15.4. The van der Waals surface area contributed by atoms with Crippen LogP contribution < -0.4 is 5.32 Å². The van der Waals surface area contributed by atoms with Crippen LogP contribution in [0, 0.1) is 40.4 Å². The molecule has 0 spiro atoms. The predicted octanol–water partition coefficient (Wildman–Crippen LogP) is 5.73. The lowest BCUT2D eigenvalue weighted by Crippen LogP contribution is -2.56. The monoisotopic (exact) mass is 562 g/mol. The number of hydrogen-bond acceptors (Lipinski definition) is 6. The molecule has 1 N–H and O–H groups in total. The van der Waals surface area contributed by atoms with Crippen LogP contribution in [0.2, 0.25) is 0 Å². The van der Waals surface area contributed by atoms with Crippen LogP contribution in [-0.4, -0.2) is 65.8 Å². The summed E-state index contributed by atoms with van der Waals surface area (Å²) in [7, 11) is 3.96. The van der Waals surface area contributed by atoms with E-state index in [9.17, 15) is 14.4 Å². The van der Waals surface area contributed by atoms with Gasteiger partial charge in [-0.2, -0.15) is 0 Å². The summed E-state index contributed by atoms with van der Waals surface area (Å²) in [5.74, 6) is 3.33. The van der Waals surface area contributed by atoms with Crippen LogP contribution in [0.3, 0.4) is 0 Å². The van der Waals surface area contributed by atoms with Crippen LogP contribution in [0.4, 0.5) is 0 Å². The van der Waals surface area contributed by atoms with E-state index >= 15 is 0 Å². The molecular weight excluding hydrogens is 508 g/mol. The number of ketones is 1. The summed E-state index contributed by atoms with van der Waals surface area (Å²) in [6.45, 7) is 14.0. The number of hydrogen-bond donors (Lipinski definition) is 1. The van der Waals surface area contributed by atoms with E-state index in [0.717, 1.165) is 44.1 Å². The number of likely N-dealkylation sites (N-methyl/N-ethyl adjacent to an activating group) is 1. The summed E-state index contributed by atoms with van der Waals surface area (Å²) in [4.78, 5) is 40.1. The largest absolute Gasteiger partial charge is 0.459 e. The van der Waals surface area contributed by atoms with Crippen molar-refractivity contribution >= 4 is 29.4 Å². The van der Waals surface area contributed by atoms with Crippen molar-refractivity contribution in [2.45, 2.75) is 110 Å². The van der Waals surface area contributed by atoms with Crippen LogP contribution in [0.15, 0.2) is 0 Å². The SMILES string of the molecule is CC(=O)[C@H]1CCC2[C@@H]3CC[C@H]4C[C@](C)(OC(=O)CSC(C)(C)C(=O)NCCN(C)C)CC[C@]4(C)C3CC[C@@]21C. The quantitative estimate of drug-likeness (QED) is 0.362. The fourth-order valence-electron chi connectivity index (χ4n) is 9.39. The second kappa shape index (κ2) is 11.3.